The number of methoxy groups -OCH3 is 1. The Morgan fingerprint density at radius 1 is 1.19 bits per heavy atom. The first-order valence-corrected chi connectivity index (χ1v) is 12.0. The molecule has 1 aromatic carbocycles. The van der Waals surface area contributed by atoms with E-state index in [1.807, 2.05) is 0 Å². The first-order valence-electron chi connectivity index (χ1n) is 12.0. The van der Waals surface area contributed by atoms with Crippen molar-refractivity contribution in [3.05, 3.63) is 35.9 Å². The summed E-state index contributed by atoms with van der Waals surface area (Å²) < 4.78 is 5.32. The minimum Gasteiger partial charge on any atom is -0.385 e. The van der Waals surface area contributed by atoms with Crippen LogP contribution in [0.1, 0.15) is 51.0 Å². The quantitative estimate of drug-likeness (QED) is 0.302. The van der Waals surface area contributed by atoms with Crippen LogP contribution in [0.3, 0.4) is 0 Å². The van der Waals surface area contributed by atoms with Crippen molar-refractivity contribution in [3.8, 4) is 0 Å². The van der Waals surface area contributed by atoms with E-state index < -0.39 is 0 Å². The van der Waals surface area contributed by atoms with Gasteiger partial charge < -0.3 is 15.0 Å². The van der Waals surface area contributed by atoms with Crippen LogP contribution >= 0.6 is 24.0 Å². The zero-order valence-corrected chi connectivity index (χ0v) is 21.7. The van der Waals surface area contributed by atoms with E-state index in [0.29, 0.717) is 5.41 Å². The van der Waals surface area contributed by atoms with E-state index in [1.54, 1.807) is 7.11 Å². The van der Waals surface area contributed by atoms with Crippen molar-refractivity contribution in [1.29, 1.82) is 0 Å². The van der Waals surface area contributed by atoms with Gasteiger partial charge in [0.05, 0.1) is 0 Å². The van der Waals surface area contributed by atoms with Crippen LogP contribution in [0.4, 0.5) is 0 Å². The van der Waals surface area contributed by atoms with Gasteiger partial charge in [-0.2, -0.15) is 0 Å². The molecule has 2 aliphatic heterocycles. The van der Waals surface area contributed by atoms with E-state index in [4.69, 9.17) is 9.73 Å². The fourth-order valence-electron chi connectivity index (χ4n) is 5.36. The maximum Gasteiger partial charge on any atom is 0.193 e. The maximum atomic E-state index is 5.32. The highest BCUT2D eigenvalue weighted by atomic mass is 127. The van der Waals surface area contributed by atoms with Gasteiger partial charge in [0.1, 0.15) is 0 Å². The summed E-state index contributed by atoms with van der Waals surface area (Å²) in [6, 6.07) is 11.7. The van der Waals surface area contributed by atoms with Gasteiger partial charge in [-0.3, -0.25) is 9.89 Å². The van der Waals surface area contributed by atoms with Gasteiger partial charge in [0.2, 0.25) is 0 Å². The minimum absolute atomic E-state index is 0. The van der Waals surface area contributed by atoms with Crippen molar-refractivity contribution in [2.75, 3.05) is 46.4 Å². The Morgan fingerprint density at radius 3 is 2.71 bits per heavy atom. The first-order chi connectivity index (χ1) is 14.7. The van der Waals surface area contributed by atoms with Crippen molar-refractivity contribution in [2.45, 2.75) is 58.0 Å². The number of rotatable bonds is 8. The minimum atomic E-state index is 0. The molecule has 0 radical (unpaired) electrons. The van der Waals surface area contributed by atoms with Crippen molar-refractivity contribution in [3.63, 3.8) is 0 Å². The lowest BCUT2D eigenvalue weighted by molar-refractivity contribution is 0.0372. The summed E-state index contributed by atoms with van der Waals surface area (Å²) in [6.07, 6.45) is 7.67. The molecule has 0 aromatic heterocycles. The average Bonchev–Trinajstić information content (AvgIpc) is 3.56. The number of piperidine rings is 2. The number of nitrogens with zero attached hydrogens (tertiary/aromatic N) is 3. The van der Waals surface area contributed by atoms with E-state index in [-0.39, 0.29) is 24.0 Å². The van der Waals surface area contributed by atoms with Crippen LogP contribution in [0, 0.1) is 11.3 Å². The summed E-state index contributed by atoms with van der Waals surface area (Å²) in [6.45, 7) is 9.53. The van der Waals surface area contributed by atoms with E-state index >= 15 is 0 Å². The Morgan fingerprint density at radius 2 is 2.00 bits per heavy atom. The predicted molar refractivity (Wildman–Crippen MR) is 139 cm³/mol. The molecule has 6 heteroatoms. The molecule has 174 valence electrons. The molecule has 2 saturated heterocycles. The molecule has 31 heavy (non-hydrogen) atoms. The molecular weight excluding hydrogens is 499 g/mol. The lowest BCUT2D eigenvalue weighted by atomic mass is 9.83. The maximum absolute atomic E-state index is 5.32. The van der Waals surface area contributed by atoms with Gasteiger partial charge in [0.15, 0.2) is 5.96 Å². The zero-order chi connectivity index (χ0) is 20.8. The average molecular weight is 541 g/mol. The number of benzene rings is 1. The van der Waals surface area contributed by atoms with Crippen LogP contribution in [0.25, 0.3) is 0 Å². The summed E-state index contributed by atoms with van der Waals surface area (Å²) in [5.41, 5.74) is 1.85. The summed E-state index contributed by atoms with van der Waals surface area (Å²) in [4.78, 5) is 10.4. The third-order valence-electron chi connectivity index (χ3n) is 7.40. The van der Waals surface area contributed by atoms with E-state index in [9.17, 15) is 0 Å². The molecule has 1 aromatic rings. The van der Waals surface area contributed by atoms with Crippen LogP contribution in [0.15, 0.2) is 35.3 Å². The van der Waals surface area contributed by atoms with Crippen molar-refractivity contribution in [2.24, 2.45) is 16.3 Å². The van der Waals surface area contributed by atoms with E-state index in [0.717, 1.165) is 63.7 Å². The molecule has 3 fully saturated rings. The van der Waals surface area contributed by atoms with Crippen LogP contribution in [0.2, 0.25) is 0 Å². The van der Waals surface area contributed by atoms with Gasteiger partial charge >= 0.3 is 0 Å². The SMILES string of the molecule is CCNC(=NCC1(CCOC)CC1)N1CCC2C(CCCN2Cc2ccccc2)C1.I. The lowest BCUT2D eigenvalue weighted by Gasteiger charge is -2.48. The smallest absolute Gasteiger partial charge is 0.193 e. The van der Waals surface area contributed by atoms with Crippen LogP contribution in [-0.2, 0) is 11.3 Å². The highest BCUT2D eigenvalue weighted by molar-refractivity contribution is 14.0. The molecule has 2 atom stereocenters. The van der Waals surface area contributed by atoms with Crippen molar-refractivity contribution >= 4 is 29.9 Å². The highest BCUT2D eigenvalue weighted by Crippen LogP contribution is 2.49. The number of ether oxygens (including phenoxy) is 1. The molecule has 2 heterocycles. The van der Waals surface area contributed by atoms with Crippen LogP contribution < -0.4 is 5.32 Å². The van der Waals surface area contributed by atoms with Crippen molar-refractivity contribution < 1.29 is 4.74 Å². The van der Waals surface area contributed by atoms with Gasteiger partial charge in [0.25, 0.3) is 0 Å². The molecule has 5 nitrogen and oxygen atoms in total. The van der Waals surface area contributed by atoms with Crippen LogP contribution in [0.5, 0.6) is 0 Å². The molecule has 0 bridgehead atoms. The summed E-state index contributed by atoms with van der Waals surface area (Å²) >= 11 is 0. The van der Waals surface area contributed by atoms with Gasteiger partial charge in [-0.05, 0) is 68.9 Å². The van der Waals surface area contributed by atoms with Gasteiger partial charge in [-0.1, -0.05) is 30.3 Å². The largest absolute Gasteiger partial charge is 0.385 e. The molecule has 1 N–H and O–H groups in total. The Labute approximate surface area is 206 Å². The molecule has 1 saturated carbocycles. The fraction of sp³-hybridized carbons (Fsp3) is 0.720. The normalized spacial score (nSPS) is 25.5. The molecule has 3 aliphatic rings. The first kappa shape index (κ1) is 24.8. The standard InChI is InChI=1S/C25H40N4O.HI/c1-3-26-24(27-20-25(12-13-25)14-17-30-2)29-16-11-23-22(19-29)10-7-15-28(23)18-21-8-5-4-6-9-21;/h4-6,8-9,22-23H,3,7,10-20H2,1-2H3,(H,26,27);1H. The predicted octanol–water partition coefficient (Wildman–Crippen LogP) is 4.37. The summed E-state index contributed by atoms with van der Waals surface area (Å²) in [5, 5.41) is 3.59. The van der Waals surface area contributed by atoms with Crippen molar-refractivity contribution in [1.82, 2.24) is 15.1 Å². The zero-order valence-electron chi connectivity index (χ0n) is 19.4. The fourth-order valence-corrected chi connectivity index (χ4v) is 5.36. The number of halogens is 1. The number of aliphatic imine (C=N–C) groups is 1. The number of nitrogens with one attached hydrogen (secondary N) is 1. The van der Waals surface area contributed by atoms with Gasteiger partial charge in [-0.25, -0.2) is 0 Å². The van der Waals surface area contributed by atoms with Crippen LogP contribution in [-0.4, -0.2) is 68.2 Å². The molecular formula is C25H41IN4O. The number of hydrogen-bond acceptors (Lipinski definition) is 3. The molecule has 2 unspecified atom stereocenters. The second-order valence-electron chi connectivity index (χ2n) is 9.57. The topological polar surface area (TPSA) is 40.1 Å². The van der Waals surface area contributed by atoms with E-state index in [1.165, 1.54) is 44.2 Å². The molecule has 4 rings (SSSR count). The third-order valence-corrected chi connectivity index (χ3v) is 7.40. The third kappa shape index (κ3) is 6.57. The second-order valence-corrected chi connectivity index (χ2v) is 9.57. The highest BCUT2D eigenvalue weighted by Gasteiger charge is 2.42. The monoisotopic (exact) mass is 540 g/mol. The van der Waals surface area contributed by atoms with Gasteiger partial charge in [0, 0.05) is 52.5 Å². The van der Waals surface area contributed by atoms with E-state index in [2.05, 4.69) is 52.4 Å². The summed E-state index contributed by atoms with van der Waals surface area (Å²) in [5.74, 6) is 1.89. The molecule has 0 amide bonds. The Bertz CT molecular complexity index is 694. The second kappa shape index (κ2) is 11.8. The Hall–Kier alpha value is -0.860. The molecule has 0 spiro atoms. The number of likely N-dealkylation sites (tertiary alicyclic amines) is 2. The Balaban J connectivity index is 0.00000272. The number of hydrogen-bond donors (Lipinski definition) is 1. The van der Waals surface area contributed by atoms with Gasteiger partial charge in [-0.15, -0.1) is 24.0 Å². The molecule has 1 aliphatic carbocycles. The Kier molecular flexibility index (Phi) is 9.47. The lowest BCUT2D eigenvalue weighted by Crippen LogP contribution is -2.56. The number of fused-ring (bicyclic) bond motifs is 1. The number of guanidine groups is 1. The summed E-state index contributed by atoms with van der Waals surface area (Å²) in [7, 11) is 1.80.